The number of nitrogens with one attached hydrogen (secondary N) is 1. The molecule has 0 fully saturated rings. The molecule has 0 saturated carbocycles. The smallest absolute Gasteiger partial charge is 0.331 e. The Morgan fingerprint density at radius 2 is 1.80 bits per heavy atom. The van der Waals surface area contributed by atoms with Crippen molar-refractivity contribution in [1.29, 1.82) is 0 Å². The summed E-state index contributed by atoms with van der Waals surface area (Å²) in [5, 5.41) is 0. The molecule has 3 nitrogen and oxygen atoms in total. The number of rotatable bonds is 10. The molecule has 0 aromatic rings. The number of allylic oxidation sites excluding steroid dienone is 9. The Hall–Kier alpha value is -1.94. The van der Waals surface area contributed by atoms with Crippen LogP contribution in [0.25, 0.3) is 0 Å². The van der Waals surface area contributed by atoms with Gasteiger partial charge in [-0.25, -0.2) is 4.79 Å². The van der Waals surface area contributed by atoms with Crippen molar-refractivity contribution in [2.45, 2.75) is 67.7 Å². The van der Waals surface area contributed by atoms with Crippen molar-refractivity contribution >= 4 is 5.97 Å². The van der Waals surface area contributed by atoms with Crippen LogP contribution in [-0.2, 0) is 9.53 Å². The Morgan fingerprint density at radius 1 is 1.13 bits per heavy atom. The van der Waals surface area contributed by atoms with E-state index in [4.69, 9.17) is 4.74 Å². The van der Waals surface area contributed by atoms with Crippen LogP contribution < -0.4 is 9.60 Å². The fourth-order valence-electron chi connectivity index (χ4n) is 3.81. The third kappa shape index (κ3) is 10.2. The summed E-state index contributed by atoms with van der Waals surface area (Å²) in [5.74, 6) is -0.263. The summed E-state index contributed by atoms with van der Waals surface area (Å²) in [6.07, 6.45) is 15.8. The highest BCUT2D eigenvalue weighted by Gasteiger charge is 2.26. The molecule has 0 aromatic carbocycles. The van der Waals surface area contributed by atoms with Crippen molar-refractivity contribution in [3.05, 3.63) is 58.7 Å². The van der Waals surface area contributed by atoms with E-state index < -0.39 is 0 Å². The summed E-state index contributed by atoms with van der Waals surface area (Å²) in [5.41, 5.74) is 5.35. The zero-order chi connectivity index (χ0) is 21.9. The molecule has 0 heterocycles. The molecule has 0 aliphatic heterocycles. The van der Waals surface area contributed by atoms with Crippen LogP contribution in [0.15, 0.2) is 58.7 Å². The van der Waals surface area contributed by atoms with Crippen molar-refractivity contribution in [2.24, 2.45) is 5.41 Å². The summed E-state index contributed by atoms with van der Waals surface area (Å²) in [6, 6.07) is 0. The molecule has 0 spiro atoms. The van der Waals surface area contributed by atoms with E-state index in [1.54, 1.807) is 6.08 Å². The third-order valence-corrected chi connectivity index (χ3v) is 5.82. The molecule has 1 aliphatic rings. The van der Waals surface area contributed by atoms with Gasteiger partial charge in [0, 0.05) is 6.08 Å². The van der Waals surface area contributed by atoms with Crippen LogP contribution in [0.5, 0.6) is 0 Å². The number of quaternary nitrogens is 1. The van der Waals surface area contributed by atoms with Crippen molar-refractivity contribution in [3.8, 4) is 0 Å². The lowest BCUT2D eigenvalue weighted by molar-refractivity contribution is -0.896. The minimum Gasteiger partial charge on any atom is -1.00 e. The Labute approximate surface area is 183 Å². The molecule has 1 rings (SSSR count). The summed E-state index contributed by atoms with van der Waals surface area (Å²) in [6.45, 7) is 18.7. The number of esters is 1. The molecule has 4 heteroatoms. The minimum absolute atomic E-state index is 0. The average Bonchev–Trinajstić information content (AvgIpc) is 2.64. The van der Waals surface area contributed by atoms with Gasteiger partial charge in [-0.15, -0.1) is 0 Å². The SMILES string of the molecule is CC[NH+](CC)CCOC(=O)\C=C(C)/C=C/C=C(C)\C=C\C1=C(C)CCCC1(C)C.[F-]. The topological polar surface area (TPSA) is 30.7 Å². The van der Waals surface area contributed by atoms with Crippen LogP contribution in [0.4, 0.5) is 0 Å². The Bertz CT molecular complexity index is 692. The van der Waals surface area contributed by atoms with Crippen LogP contribution >= 0.6 is 0 Å². The maximum Gasteiger partial charge on any atom is 0.331 e. The first-order chi connectivity index (χ1) is 13.7. The lowest BCUT2D eigenvalue weighted by atomic mass is 9.72. The highest BCUT2D eigenvalue weighted by Crippen LogP contribution is 2.40. The van der Waals surface area contributed by atoms with E-state index in [1.165, 1.54) is 40.9 Å². The lowest BCUT2D eigenvalue weighted by Crippen LogP contribution is -3.11. The van der Waals surface area contributed by atoms with Gasteiger partial charge in [0.25, 0.3) is 0 Å². The van der Waals surface area contributed by atoms with Gasteiger partial charge in [-0.1, -0.05) is 55.4 Å². The molecule has 1 aliphatic carbocycles. The predicted octanol–water partition coefficient (Wildman–Crippen LogP) is 1.99. The van der Waals surface area contributed by atoms with Crippen LogP contribution in [0.2, 0.25) is 0 Å². The standard InChI is InChI=1S/C26H41NO2.FH/c1-8-27(9-2)18-19-29-25(28)20-22(4)13-10-12-21(3)15-16-24-23(5)14-11-17-26(24,6)7;/h10,12-13,15-16,20H,8-9,11,14,17-19H2,1-7H3;1H/b13-10+,16-15+,21-12-,22-20-;. The zero-order valence-electron chi connectivity index (χ0n) is 20.1. The molecule has 170 valence electrons. The molecule has 30 heavy (non-hydrogen) atoms. The predicted molar refractivity (Wildman–Crippen MR) is 124 cm³/mol. The van der Waals surface area contributed by atoms with Gasteiger partial charge in [0.2, 0.25) is 0 Å². The van der Waals surface area contributed by atoms with Gasteiger partial charge in [-0.05, 0) is 70.4 Å². The minimum atomic E-state index is -0.263. The summed E-state index contributed by atoms with van der Waals surface area (Å²) in [7, 11) is 0. The molecular weight excluding hydrogens is 377 g/mol. The molecule has 1 N–H and O–H groups in total. The highest BCUT2D eigenvalue weighted by atomic mass is 19.0. The summed E-state index contributed by atoms with van der Waals surface area (Å²) in [4.78, 5) is 13.3. The average molecular weight is 420 g/mol. The second kappa shape index (κ2) is 14.1. The lowest BCUT2D eigenvalue weighted by Gasteiger charge is -2.32. The summed E-state index contributed by atoms with van der Waals surface area (Å²) >= 11 is 0. The maximum atomic E-state index is 11.9. The number of halogens is 1. The van der Waals surface area contributed by atoms with Gasteiger partial charge in [0.05, 0.1) is 13.1 Å². The summed E-state index contributed by atoms with van der Waals surface area (Å²) < 4.78 is 5.31. The molecule has 0 saturated heterocycles. The normalized spacial score (nSPS) is 17.7. The fraction of sp³-hybridized carbons (Fsp3) is 0.577. The number of likely N-dealkylation sites (N-methyl/N-ethyl adjacent to an activating group) is 1. The number of hydrogen-bond donors (Lipinski definition) is 1. The Morgan fingerprint density at radius 3 is 2.40 bits per heavy atom. The van der Waals surface area contributed by atoms with Crippen LogP contribution in [0.3, 0.4) is 0 Å². The van der Waals surface area contributed by atoms with E-state index in [9.17, 15) is 4.79 Å². The zero-order valence-corrected chi connectivity index (χ0v) is 20.1. The van der Waals surface area contributed by atoms with Crippen molar-refractivity contribution in [2.75, 3.05) is 26.2 Å². The van der Waals surface area contributed by atoms with Crippen molar-refractivity contribution in [1.82, 2.24) is 0 Å². The Kier molecular flexibility index (Phi) is 13.2. The molecule has 0 bridgehead atoms. The van der Waals surface area contributed by atoms with Gasteiger partial charge in [-0.2, -0.15) is 0 Å². The molecule has 0 radical (unpaired) electrons. The fourth-order valence-corrected chi connectivity index (χ4v) is 3.81. The number of carbonyl (C=O) groups is 1. The molecule has 0 atom stereocenters. The number of carbonyl (C=O) groups excluding carboxylic acids is 1. The number of ether oxygens (including phenoxy) is 1. The van der Waals surface area contributed by atoms with Gasteiger partial charge >= 0.3 is 5.97 Å². The third-order valence-electron chi connectivity index (χ3n) is 5.82. The highest BCUT2D eigenvalue weighted by molar-refractivity contribution is 5.83. The quantitative estimate of drug-likeness (QED) is 0.334. The first-order valence-corrected chi connectivity index (χ1v) is 11.1. The van der Waals surface area contributed by atoms with Gasteiger partial charge in [0.15, 0.2) is 0 Å². The second-order valence-corrected chi connectivity index (χ2v) is 8.80. The van der Waals surface area contributed by atoms with Crippen LogP contribution in [0, 0.1) is 5.41 Å². The van der Waals surface area contributed by atoms with Gasteiger partial charge in [0.1, 0.15) is 13.2 Å². The van der Waals surface area contributed by atoms with E-state index in [-0.39, 0.29) is 16.1 Å². The largest absolute Gasteiger partial charge is 1.00 e. The van der Waals surface area contributed by atoms with E-state index in [1.807, 2.05) is 19.1 Å². The Balaban J connectivity index is 0.00000841. The molecule has 0 amide bonds. The van der Waals surface area contributed by atoms with E-state index in [2.05, 4.69) is 59.8 Å². The maximum absolute atomic E-state index is 11.9. The van der Waals surface area contributed by atoms with Crippen molar-refractivity contribution in [3.63, 3.8) is 0 Å². The molecule has 0 aromatic heterocycles. The molecule has 0 unspecified atom stereocenters. The first kappa shape index (κ1) is 28.1. The van der Waals surface area contributed by atoms with Crippen molar-refractivity contribution < 1.29 is 19.1 Å². The van der Waals surface area contributed by atoms with Crippen LogP contribution in [0.1, 0.15) is 67.7 Å². The van der Waals surface area contributed by atoms with E-state index in [0.29, 0.717) is 6.61 Å². The van der Waals surface area contributed by atoms with E-state index in [0.717, 1.165) is 25.2 Å². The van der Waals surface area contributed by atoms with Gasteiger partial charge < -0.3 is 14.3 Å². The van der Waals surface area contributed by atoms with E-state index >= 15 is 0 Å². The monoisotopic (exact) mass is 419 g/mol. The second-order valence-electron chi connectivity index (χ2n) is 8.80. The number of hydrogen-bond acceptors (Lipinski definition) is 2. The van der Waals surface area contributed by atoms with Gasteiger partial charge in [-0.3, -0.25) is 0 Å². The van der Waals surface area contributed by atoms with Crippen LogP contribution in [-0.4, -0.2) is 32.2 Å². The molecular formula is C26H42FNO2. The first-order valence-electron chi connectivity index (χ1n) is 11.1.